The highest BCUT2D eigenvalue weighted by Crippen LogP contribution is 2.16. The summed E-state index contributed by atoms with van der Waals surface area (Å²) in [5.74, 6) is 1.10. The summed E-state index contributed by atoms with van der Waals surface area (Å²) >= 11 is 0. The topological polar surface area (TPSA) is 38.3 Å². The molecule has 1 fully saturated rings. The van der Waals surface area contributed by atoms with Gasteiger partial charge in [0.05, 0.1) is 0 Å². The van der Waals surface area contributed by atoms with Gasteiger partial charge in [0.2, 0.25) is 5.91 Å². The number of hydrogen-bond donors (Lipinski definition) is 1. The van der Waals surface area contributed by atoms with E-state index in [4.69, 9.17) is 4.74 Å². The molecule has 16 heavy (non-hydrogen) atoms. The van der Waals surface area contributed by atoms with E-state index in [1.165, 1.54) is 0 Å². The van der Waals surface area contributed by atoms with E-state index in [0.29, 0.717) is 5.92 Å². The van der Waals surface area contributed by atoms with Gasteiger partial charge in [-0.1, -0.05) is 20.3 Å². The van der Waals surface area contributed by atoms with Gasteiger partial charge in [-0.25, -0.2) is 0 Å². The van der Waals surface area contributed by atoms with Gasteiger partial charge in [-0.2, -0.15) is 0 Å². The molecule has 0 aliphatic carbocycles. The Labute approximate surface area is 98.9 Å². The molecule has 0 bridgehead atoms. The van der Waals surface area contributed by atoms with Crippen LogP contribution < -0.4 is 5.32 Å². The molecule has 0 radical (unpaired) electrons. The Morgan fingerprint density at radius 2 is 2.19 bits per heavy atom. The Hall–Kier alpha value is -0.570. The molecule has 3 nitrogen and oxygen atoms in total. The molecule has 3 heteroatoms. The first-order valence-electron chi connectivity index (χ1n) is 6.55. The van der Waals surface area contributed by atoms with E-state index in [0.717, 1.165) is 51.9 Å². The van der Waals surface area contributed by atoms with E-state index in [9.17, 15) is 4.79 Å². The zero-order chi connectivity index (χ0) is 11.8. The predicted octanol–water partition coefficient (Wildman–Crippen LogP) is 2.36. The number of carbonyl (C=O) groups is 1. The number of ether oxygens (including phenoxy) is 1. The number of rotatable bonds is 6. The summed E-state index contributed by atoms with van der Waals surface area (Å²) in [5.41, 5.74) is 0. The van der Waals surface area contributed by atoms with Crippen LogP contribution in [0.4, 0.5) is 0 Å². The SMILES string of the molecule is CC(C)CCOCCC1CCCCNC1=O. The number of hydrogen-bond acceptors (Lipinski definition) is 2. The highest BCUT2D eigenvalue weighted by atomic mass is 16.5. The molecule has 1 unspecified atom stereocenters. The largest absolute Gasteiger partial charge is 0.381 e. The van der Waals surface area contributed by atoms with Crippen molar-refractivity contribution in [3.8, 4) is 0 Å². The Morgan fingerprint density at radius 1 is 1.38 bits per heavy atom. The van der Waals surface area contributed by atoms with Crippen LogP contribution in [-0.2, 0) is 9.53 Å². The molecule has 1 N–H and O–H groups in total. The molecule has 1 heterocycles. The fourth-order valence-corrected chi connectivity index (χ4v) is 1.92. The Kier molecular flexibility index (Phi) is 6.46. The lowest BCUT2D eigenvalue weighted by molar-refractivity contribution is -0.125. The average Bonchev–Trinajstić information content (AvgIpc) is 2.43. The maximum Gasteiger partial charge on any atom is 0.223 e. The molecule has 0 aromatic carbocycles. The Bertz CT molecular complexity index is 204. The second-order valence-electron chi connectivity index (χ2n) is 5.07. The summed E-state index contributed by atoms with van der Waals surface area (Å²) in [6.45, 7) is 6.80. The third-order valence-corrected chi connectivity index (χ3v) is 3.10. The Morgan fingerprint density at radius 3 is 2.94 bits per heavy atom. The van der Waals surface area contributed by atoms with Crippen molar-refractivity contribution >= 4 is 5.91 Å². The predicted molar refractivity (Wildman–Crippen MR) is 65.2 cm³/mol. The number of nitrogens with one attached hydrogen (secondary N) is 1. The normalized spacial score (nSPS) is 21.9. The quantitative estimate of drug-likeness (QED) is 0.707. The van der Waals surface area contributed by atoms with Crippen LogP contribution in [0.1, 0.15) is 46.0 Å². The van der Waals surface area contributed by atoms with Gasteiger partial charge in [-0.3, -0.25) is 4.79 Å². The van der Waals surface area contributed by atoms with Crippen molar-refractivity contribution < 1.29 is 9.53 Å². The van der Waals surface area contributed by atoms with Crippen molar-refractivity contribution in [1.82, 2.24) is 5.32 Å². The van der Waals surface area contributed by atoms with Crippen LogP contribution in [0, 0.1) is 11.8 Å². The molecular weight excluding hydrogens is 202 g/mol. The van der Waals surface area contributed by atoms with Gasteiger partial charge in [0.1, 0.15) is 0 Å². The van der Waals surface area contributed by atoms with Crippen LogP contribution >= 0.6 is 0 Å². The fraction of sp³-hybridized carbons (Fsp3) is 0.923. The average molecular weight is 227 g/mol. The lowest BCUT2D eigenvalue weighted by Gasteiger charge is -2.13. The summed E-state index contributed by atoms with van der Waals surface area (Å²) < 4.78 is 5.56. The minimum absolute atomic E-state index is 0.182. The summed E-state index contributed by atoms with van der Waals surface area (Å²) in [5, 5.41) is 2.96. The summed E-state index contributed by atoms with van der Waals surface area (Å²) in [6.07, 6.45) is 5.30. The molecule has 1 rings (SSSR count). The van der Waals surface area contributed by atoms with E-state index >= 15 is 0 Å². The van der Waals surface area contributed by atoms with Gasteiger partial charge >= 0.3 is 0 Å². The molecule has 94 valence electrons. The minimum Gasteiger partial charge on any atom is -0.381 e. The van der Waals surface area contributed by atoms with E-state index in [2.05, 4.69) is 19.2 Å². The minimum atomic E-state index is 0.182. The van der Waals surface area contributed by atoms with Gasteiger partial charge in [0.25, 0.3) is 0 Å². The lowest BCUT2D eigenvalue weighted by atomic mass is 9.99. The molecule has 0 saturated carbocycles. The fourth-order valence-electron chi connectivity index (χ4n) is 1.92. The third-order valence-electron chi connectivity index (χ3n) is 3.10. The highest BCUT2D eigenvalue weighted by Gasteiger charge is 2.19. The van der Waals surface area contributed by atoms with Gasteiger partial charge in [-0.05, 0) is 31.6 Å². The van der Waals surface area contributed by atoms with Crippen LogP contribution in [0.3, 0.4) is 0 Å². The van der Waals surface area contributed by atoms with Crippen molar-refractivity contribution in [1.29, 1.82) is 0 Å². The van der Waals surface area contributed by atoms with Crippen molar-refractivity contribution in [2.45, 2.75) is 46.0 Å². The molecule has 0 aromatic rings. The summed E-state index contributed by atoms with van der Waals surface area (Å²) in [7, 11) is 0. The molecule has 1 aliphatic heterocycles. The molecule has 0 spiro atoms. The first kappa shape index (κ1) is 13.5. The van der Waals surface area contributed by atoms with Crippen LogP contribution in [-0.4, -0.2) is 25.7 Å². The van der Waals surface area contributed by atoms with Gasteiger partial charge < -0.3 is 10.1 Å². The maximum absolute atomic E-state index is 11.6. The zero-order valence-electron chi connectivity index (χ0n) is 10.6. The van der Waals surface area contributed by atoms with Crippen LogP contribution in [0.15, 0.2) is 0 Å². The second-order valence-corrected chi connectivity index (χ2v) is 5.07. The molecule has 0 aromatic heterocycles. The number of amides is 1. The molecular formula is C13H25NO2. The van der Waals surface area contributed by atoms with Crippen LogP contribution in [0.25, 0.3) is 0 Å². The monoisotopic (exact) mass is 227 g/mol. The van der Waals surface area contributed by atoms with Crippen molar-refractivity contribution in [3.05, 3.63) is 0 Å². The van der Waals surface area contributed by atoms with Crippen molar-refractivity contribution in [3.63, 3.8) is 0 Å². The van der Waals surface area contributed by atoms with Crippen molar-refractivity contribution in [2.24, 2.45) is 11.8 Å². The zero-order valence-corrected chi connectivity index (χ0v) is 10.6. The van der Waals surface area contributed by atoms with E-state index < -0.39 is 0 Å². The van der Waals surface area contributed by atoms with Crippen LogP contribution in [0.5, 0.6) is 0 Å². The first-order valence-corrected chi connectivity index (χ1v) is 6.55. The lowest BCUT2D eigenvalue weighted by Crippen LogP contribution is -2.29. The second kappa shape index (κ2) is 7.66. The smallest absolute Gasteiger partial charge is 0.223 e. The standard InChI is InChI=1S/C13H25NO2/c1-11(2)6-9-16-10-7-12-5-3-4-8-14-13(12)15/h11-12H,3-10H2,1-2H3,(H,14,15). The van der Waals surface area contributed by atoms with Crippen LogP contribution in [0.2, 0.25) is 0 Å². The molecule has 1 amide bonds. The van der Waals surface area contributed by atoms with E-state index in [1.807, 2.05) is 0 Å². The molecule has 1 atom stereocenters. The van der Waals surface area contributed by atoms with Gasteiger partial charge in [0, 0.05) is 25.7 Å². The van der Waals surface area contributed by atoms with Gasteiger partial charge in [0.15, 0.2) is 0 Å². The first-order chi connectivity index (χ1) is 7.70. The Balaban J connectivity index is 2.08. The summed E-state index contributed by atoms with van der Waals surface area (Å²) in [4.78, 5) is 11.6. The maximum atomic E-state index is 11.6. The highest BCUT2D eigenvalue weighted by molar-refractivity contribution is 5.78. The van der Waals surface area contributed by atoms with Crippen molar-refractivity contribution in [2.75, 3.05) is 19.8 Å². The molecule has 1 aliphatic rings. The van der Waals surface area contributed by atoms with Gasteiger partial charge in [-0.15, -0.1) is 0 Å². The summed E-state index contributed by atoms with van der Waals surface area (Å²) in [6, 6.07) is 0. The third kappa shape index (κ3) is 5.50. The van der Waals surface area contributed by atoms with E-state index in [1.54, 1.807) is 0 Å². The number of carbonyl (C=O) groups excluding carboxylic acids is 1. The van der Waals surface area contributed by atoms with E-state index in [-0.39, 0.29) is 11.8 Å². The molecule has 1 saturated heterocycles.